The number of fused-ring (bicyclic) bond motifs is 1. The monoisotopic (exact) mass is 281 g/mol. The zero-order valence-electron chi connectivity index (χ0n) is 12.1. The van der Waals surface area contributed by atoms with Gasteiger partial charge in [-0.25, -0.2) is 4.98 Å². The number of hydrogen-bond donors (Lipinski definition) is 0. The lowest BCUT2D eigenvalue weighted by Crippen LogP contribution is -2.01. The molecule has 0 atom stereocenters. The average Bonchev–Trinajstić information content (AvgIpc) is 2.95. The molecule has 0 spiro atoms. The van der Waals surface area contributed by atoms with Crippen LogP contribution in [-0.2, 0) is 0 Å². The number of carbonyl (C=O) groups is 1. The second kappa shape index (κ2) is 5.01. The minimum atomic E-state index is -0.114. The number of methoxy groups -OCH3 is 1. The highest BCUT2D eigenvalue weighted by molar-refractivity contribution is 6.07. The molecule has 5 nitrogen and oxygen atoms in total. The van der Waals surface area contributed by atoms with Crippen LogP contribution in [0, 0.1) is 13.8 Å². The van der Waals surface area contributed by atoms with Crippen molar-refractivity contribution in [2.24, 2.45) is 0 Å². The minimum Gasteiger partial charge on any atom is -0.481 e. The van der Waals surface area contributed by atoms with E-state index in [1.807, 2.05) is 36.4 Å². The van der Waals surface area contributed by atoms with Gasteiger partial charge in [0.15, 0.2) is 0 Å². The van der Waals surface area contributed by atoms with E-state index in [0.717, 1.165) is 11.3 Å². The number of rotatable bonds is 3. The van der Waals surface area contributed by atoms with E-state index < -0.39 is 0 Å². The van der Waals surface area contributed by atoms with Crippen LogP contribution in [0.3, 0.4) is 0 Å². The fourth-order valence-electron chi connectivity index (χ4n) is 2.25. The van der Waals surface area contributed by atoms with E-state index in [1.54, 1.807) is 25.4 Å². The van der Waals surface area contributed by atoms with E-state index in [1.165, 1.54) is 0 Å². The van der Waals surface area contributed by atoms with Crippen molar-refractivity contribution in [3.63, 3.8) is 0 Å². The molecule has 1 aromatic carbocycles. The lowest BCUT2D eigenvalue weighted by Gasteiger charge is -2.07. The van der Waals surface area contributed by atoms with E-state index in [0.29, 0.717) is 22.9 Å². The van der Waals surface area contributed by atoms with Crippen LogP contribution in [-0.4, -0.2) is 27.3 Å². The topological polar surface area (TPSA) is 56.5 Å². The van der Waals surface area contributed by atoms with Crippen molar-refractivity contribution in [1.82, 2.24) is 14.4 Å². The number of ketones is 1. The van der Waals surface area contributed by atoms with E-state index >= 15 is 0 Å². The quantitative estimate of drug-likeness (QED) is 0.692. The van der Waals surface area contributed by atoms with E-state index in [2.05, 4.69) is 9.97 Å². The standard InChI is InChI=1S/C16H15N3O2/c1-10-11(2)19-9-13(17-16(19)18-15(10)21-3)14(20)12-7-5-4-6-8-12/h4-9H,1-3H3. The Morgan fingerprint density at radius 1 is 1.14 bits per heavy atom. The Labute approximate surface area is 122 Å². The van der Waals surface area contributed by atoms with Gasteiger partial charge in [-0.3, -0.25) is 9.20 Å². The summed E-state index contributed by atoms with van der Waals surface area (Å²) in [5.74, 6) is 0.885. The Balaban J connectivity index is 2.14. The Kier molecular flexibility index (Phi) is 3.17. The molecule has 0 amide bonds. The number of ether oxygens (including phenoxy) is 1. The molecule has 5 heteroatoms. The number of nitrogens with zero attached hydrogens (tertiary/aromatic N) is 3. The number of aryl methyl sites for hydroxylation is 1. The largest absolute Gasteiger partial charge is 0.481 e. The molecule has 0 bridgehead atoms. The summed E-state index contributed by atoms with van der Waals surface area (Å²) in [7, 11) is 1.57. The first kappa shape index (κ1) is 13.3. The summed E-state index contributed by atoms with van der Waals surface area (Å²) < 4.78 is 7.05. The third-order valence-electron chi connectivity index (χ3n) is 3.58. The second-order valence-electron chi connectivity index (χ2n) is 4.82. The van der Waals surface area contributed by atoms with Gasteiger partial charge in [-0.05, 0) is 13.8 Å². The van der Waals surface area contributed by atoms with Gasteiger partial charge in [0, 0.05) is 23.0 Å². The molecule has 0 saturated heterocycles. The van der Waals surface area contributed by atoms with Crippen LogP contribution in [0.15, 0.2) is 36.5 Å². The molecular weight excluding hydrogens is 266 g/mol. The highest BCUT2D eigenvalue weighted by Gasteiger charge is 2.16. The number of imidazole rings is 1. The first-order chi connectivity index (χ1) is 10.1. The molecule has 3 rings (SSSR count). The van der Waals surface area contributed by atoms with Gasteiger partial charge in [-0.15, -0.1) is 0 Å². The summed E-state index contributed by atoms with van der Waals surface area (Å²) in [6.07, 6.45) is 1.72. The second-order valence-corrected chi connectivity index (χ2v) is 4.82. The molecule has 0 radical (unpaired) electrons. The fourth-order valence-corrected chi connectivity index (χ4v) is 2.25. The van der Waals surface area contributed by atoms with Crippen molar-refractivity contribution in [3.05, 3.63) is 59.0 Å². The SMILES string of the molecule is COc1nc2nc(C(=O)c3ccccc3)cn2c(C)c1C. The van der Waals surface area contributed by atoms with Gasteiger partial charge >= 0.3 is 0 Å². The van der Waals surface area contributed by atoms with Crippen LogP contribution in [0.2, 0.25) is 0 Å². The zero-order valence-corrected chi connectivity index (χ0v) is 12.1. The minimum absolute atomic E-state index is 0.114. The number of aromatic nitrogens is 3. The van der Waals surface area contributed by atoms with E-state index in [-0.39, 0.29) is 5.78 Å². The average molecular weight is 281 g/mol. The summed E-state index contributed by atoms with van der Waals surface area (Å²) in [5, 5.41) is 0. The lowest BCUT2D eigenvalue weighted by molar-refractivity contribution is 0.103. The molecular formula is C16H15N3O2. The van der Waals surface area contributed by atoms with Crippen LogP contribution in [0.1, 0.15) is 27.3 Å². The molecule has 3 aromatic rings. The fraction of sp³-hybridized carbons (Fsp3) is 0.188. The van der Waals surface area contributed by atoms with Gasteiger partial charge in [0.1, 0.15) is 5.69 Å². The molecule has 2 aromatic heterocycles. The van der Waals surface area contributed by atoms with Gasteiger partial charge in [0.25, 0.3) is 0 Å². The Hall–Kier alpha value is -2.69. The molecule has 0 fully saturated rings. The molecule has 0 unspecified atom stereocenters. The Morgan fingerprint density at radius 2 is 1.86 bits per heavy atom. The van der Waals surface area contributed by atoms with E-state index in [9.17, 15) is 4.79 Å². The Bertz CT molecular complexity index is 822. The van der Waals surface area contributed by atoms with Gasteiger partial charge in [0.2, 0.25) is 17.4 Å². The van der Waals surface area contributed by atoms with Crippen LogP contribution in [0.5, 0.6) is 5.88 Å². The van der Waals surface area contributed by atoms with Crippen molar-refractivity contribution >= 4 is 11.6 Å². The first-order valence-electron chi connectivity index (χ1n) is 6.62. The molecule has 106 valence electrons. The summed E-state index contributed by atoms with van der Waals surface area (Å²) in [6.45, 7) is 3.88. The van der Waals surface area contributed by atoms with Crippen LogP contribution in [0.4, 0.5) is 0 Å². The molecule has 2 heterocycles. The molecule has 0 aliphatic heterocycles. The predicted molar refractivity (Wildman–Crippen MR) is 78.9 cm³/mol. The van der Waals surface area contributed by atoms with Gasteiger partial charge in [-0.1, -0.05) is 30.3 Å². The van der Waals surface area contributed by atoms with Crippen molar-refractivity contribution in [1.29, 1.82) is 0 Å². The Morgan fingerprint density at radius 3 is 2.52 bits per heavy atom. The zero-order chi connectivity index (χ0) is 15.0. The summed E-state index contributed by atoms with van der Waals surface area (Å²) in [4.78, 5) is 21.1. The predicted octanol–water partition coefficient (Wildman–Crippen LogP) is 2.59. The number of carbonyl (C=O) groups excluding carboxylic acids is 1. The smallest absolute Gasteiger partial charge is 0.237 e. The molecule has 0 aliphatic rings. The highest BCUT2D eigenvalue weighted by Crippen LogP contribution is 2.21. The normalized spacial score (nSPS) is 10.8. The maximum Gasteiger partial charge on any atom is 0.237 e. The lowest BCUT2D eigenvalue weighted by atomic mass is 10.1. The van der Waals surface area contributed by atoms with Gasteiger partial charge in [0.05, 0.1) is 7.11 Å². The van der Waals surface area contributed by atoms with Gasteiger partial charge in [-0.2, -0.15) is 4.98 Å². The summed E-state index contributed by atoms with van der Waals surface area (Å²) in [6, 6.07) is 9.09. The van der Waals surface area contributed by atoms with Crippen molar-refractivity contribution in [2.45, 2.75) is 13.8 Å². The van der Waals surface area contributed by atoms with Gasteiger partial charge < -0.3 is 4.74 Å². The molecule has 0 saturated carbocycles. The van der Waals surface area contributed by atoms with Crippen LogP contribution >= 0.6 is 0 Å². The molecule has 0 N–H and O–H groups in total. The maximum absolute atomic E-state index is 12.4. The van der Waals surface area contributed by atoms with E-state index in [4.69, 9.17) is 4.74 Å². The van der Waals surface area contributed by atoms with Crippen molar-refractivity contribution in [2.75, 3.05) is 7.11 Å². The summed E-state index contributed by atoms with van der Waals surface area (Å²) >= 11 is 0. The third kappa shape index (κ3) is 2.16. The van der Waals surface area contributed by atoms with Crippen LogP contribution in [0.25, 0.3) is 5.78 Å². The summed E-state index contributed by atoms with van der Waals surface area (Å²) in [5.41, 5.74) is 2.88. The highest BCUT2D eigenvalue weighted by atomic mass is 16.5. The third-order valence-corrected chi connectivity index (χ3v) is 3.58. The number of hydrogen-bond acceptors (Lipinski definition) is 4. The maximum atomic E-state index is 12.4. The molecule has 0 aliphatic carbocycles. The first-order valence-corrected chi connectivity index (χ1v) is 6.62. The molecule has 21 heavy (non-hydrogen) atoms. The van der Waals surface area contributed by atoms with Crippen molar-refractivity contribution < 1.29 is 9.53 Å². The van der Waals surface area contributed by atoms with Crippen LogP contribution < -0.4 is 4.74 Å². The van der Waals surface area contributed by atoms with Crippen molar-refractivity contribution in [3.8, 4) is 5.88 Å². The number of benzene rings is 1.